The fourth-order valence-electron chi connectivity index (χ4n) is 4.68. The number of aryl methyl sites for hydroxylation is 2. The summed E-state index contributed by atoms with van der Waals surface area (Å²) in [5.74, 6) is 2.37. The first-order valence-corrected chi connectivity index (χ1v) is 11.6. The van der Waals surface area contributed by atoms with Gasteiger partial charge in [-0.05, 0) is 44.7 Å². The van der Waals surface area contributed by atoms with Crippen LogP contribution in [0.2, 0.25) is 0 Å². The Morgan fingerprint density at radius 2 is 1.83 bits per heavy atom. The van der Waals surface area contributed by atoms with Crippen LogP contribution in [0.25, 0.3) is 11.0 Å². The van der Waals surface area contributed by atoms with Crippen LogP contribution < -0.4 is 20.5 Å². The molecule has 9 heteroatoms. The third-order valence-electron chi connectivity index (χ3n) is 6.49. The summed E-state index contributed by atoms with van der Waals surface area (Å²) in [6.45, 7) is 4.97. The number of hydrogen-bond acceptors (Lipinski definition) is 8. The lowest BCUT2D eigenvalue weighted by atomic mass is 9.93. The second-order valence-electron chi connectivity index (χ2n) is 8.79. The van der Waals surface area contributed by atoms with Gasteiger partial charge in [-0.15, -0.1) is 0 Å². The van der Waals surface area contributed by atoms with Crippen LogP contribution in [0.15, 0.2) is 35.4 Å². The van der Waals surface area contributed by atoms with E-state index in [-0.39, 0.29) is 26.5 Å². The second kappa shape index (κ2) is 11.5. The van der Waals surface area contributed by atoms with Crippen LogP contribution in [-0.2, 0) is 11.8 Å². The van der Waals surface area contributed by atoms with E-state index in [9.17, 15) is 4.79 Å². The summed E-state index contributed by atoms with van der Waals surface area (Å²) in [5, 5.41) is 3.52. The van der Waals surface area contributed by atoms with Gasteiger partial charge in [-0.1, -0.05) is 14.9 Å². The Kier molecular flexibility index (Phi) is 8.67. The summed E-state index contributed by atoms with van der Waals surface area (Å²) in [4.78, 5) is 27.6. The maximum atomic E-state index is 12.3. The van der Waals surface area contributed by atoms with Crippen LogP contribution in [0, 0.1) is 6.92 Å². The first kappa shape index (κ1) is 26.4. The number of nitrogens with one attached hydrogen (secondary N) is 1. The zero-order valence-electron chi connectivity index (χ0n) is 19.2. The molecule has 1 saturated carbocycles. The number of benzene rings is 1. The lowest BCUT2D eigenvalue weighted by molar-refractivity contribution is 0.122. The molecule has 35 heavy (non-hydrogen) atoms. The summed E-state index contributed by atoms with van der Waals surface area (Å²) in [5.41, 5.74) is 2.43. The van der Waals surface area contributed by atoms with Crippen molar-refractivity contribution in [2.24, 2.45) is 7.05 Å². The van der Waals surface area contributed by atoms with Gasteiger partial charge in [0, 0.05) is 44.1 Å². The summed E-state index contributed by atoms with van der Waals surface area (Å²) in [6.07, 6.45) is 7.09. The topological polar surface area (TPSA) is 94.4 Å². The fraction of sp³-hybridized carbons (Fsp3) is 0.538. The number of rotatable bonds is 5. The Morgan fingerprint density at radius 1 is 1.09 bits per heavy atom. The summed E-state index contributed by atoms with van der Waals surface area (Å²) >= 11 is 0. The molecule has 0 spiro atoms. The van der Waals surface area contributed by atoms with Crippen molar-refractivity contribution in [2.75, 3.05) is 36.5 Å². The third kappa shape index (κ3) is 5.90. The normalized spacial score (nSPS) is 20.0. The fourth-order valence-corrected chi connectivity index (χ4v) is 4.68. The van der Waals surface area contributed by atoms with Gasteiger partial charge in [0.25, 0.3) is 5.56 Å². The highest BCUT2D eigenvalue weighted by molar-refractivity contribution is 5.85. The molecular formula is C26H38N6O3. The van der Waals surface area contributed by atoms with E-state index < -0.39 is 0 Å². The molecule has 2 aliphatic rings. The minimum Gasteiger partial charge on any atom is -0.488 e. The molecule has 0 unspecified atom stereocenters. The number of ether oxygens (including phenoxy) is 2. The smallest absolute Gasteiger partial charge is 0.269 e. The maximum absolute atomic E-state index is 12.3. The summed E-state index contributed by atoms with van der Waals surface area (Å²) in [7, 11) is 1.78. The summed E-state index contributed by atoms with van der Waals surface area (Å²) in [6, 6.07) is 6.37. The van der Waals surface area contributed by atoms with Gasteiger partial charge in [0.05, 0.1) is 31.0 Å². The number of hydrogen-bond donors (Lipinski definition) is 1. The van der Waals surface area contributed by atoms with Crippen molar-refractivity contribution in [1.29, 1.82) is 0 Å². The van der Waals surface area contributed by atoms with E-state index in [1.165, 1.54) is 6.20 Å². The zero-order chi connectivity index (χ0) is 22.8. The highest BCUT2D eigenvalue weighted by Crippen LogP contribution is 2.33. The van der Waals surface area contributed by atoms with E-state index in [0.29, 0.717) is 19.3 Å². The molecule has 0 radical (unpaired) electrons. The molecule has 2 aromatic heterocycles. The molecule has 0 atom stereocenters. The molecule has 1 aliphatic carbocycles. The Morgan fingerprint density at radius 3 is 2.54 bits per heavy atom. The van der Waals surface area contributed by atoms with Crippen molar-refractivity contribution >= 4 is 22.5 Å². The molecule has 0 amide bonds. The molecule has 1 N–H and O–H groups in total. The monoisotopic (exact) mass is 482 g/mol. The number of nitrogens with zero attached hydrogens (tertiary/aromatic N) is 5. The minimum atomic E-state index is -0.139. The van der Waals surface area contributed by atoms with E-state index >= 15 is 0 Å². The predicted molar refractivity (Wildman–Crippen MR) is 141 cm³/mol. The largest absolute Gasteiger partial charge is 0.488 e. The quantitative estimate of drug-likeness (QED) is 0.584. The van der Waals surface area contributed by atoms with Crippen LogP contribution in [0.3, 0.4) is 0 Å². The highest BCUT2D eigenvalue weighted by Gasteiger charge is 2.25. The average Bonchev–Trinajstić information content (AvgIpc) is 2.83. The molecule has 0 bridgehead atoms. The molecule has 1 saturated heterocycles. The lowest BCUT2D eigenvalue weighted by Gasteiger charge is -2.32. The van der Waals surface area contributed by atoms with Gasteiger partial charge in [-0.25, -0.2) is 15.0 Å². The average molecular weight is 483 g/mol. The molecule has 3 aromatic rings. The molecule has 9 nitrogen and oxygen atoms in total. The number of aromatic nitrogens is 4. The van der Waals surface area contributed by atoms with Gasteiger partial charge >= 0.3 is 0 Å². The minimum absolute atomic E-state index is 0. The SMILES string of the molecule is C.C.Cc1nccc(NC2CCC(Oc3cc(N4CCOCC4)cc4ncc(=O)n(C)c34)CC2)n1. The first-order valence-electron chi connectivity index (χ1n) is 11.6. The molecule has 190 valence electrons. The molecule has 3 heterocycles. The third-order valence-corrected chi connectivity index (χ3v) is 6.49. The van der Waals surface area contributed by atoms with Crippen molar-refractivity contribution in [3.8, 4) is 5.75 Å². The zero-order valence-corrected chi connectivity index (χ0v) is 19.2. The van der Waals surface area contributed by atoms with Gasteiger partial charge in [0.2, 0.25) is 0 Å². The van der Waals surface area contributed by atoms with Gasteiger partial charge in [-0.2, -0.15) is 0 Å². The van der Waals surface area contributed by atoms with Crippen molar-refractivity contribution < 1.29 is 9.47 Å². The maximum Gasteiger partial charge on any atom is 0.269 e. The van der Waals surface area contributed by atoms with Crippen molar-refractivity contribution in [3.05, 3.63) is 46.8 Å². The molecular weight excluding hydrogens is 444 g/mol. The van der Waals surface area contributed by atoms with Crippen LogP contribution in [0.1, 0.15) is 46.4 Å². The molecule has 1 aromatic carbocycles. The van der Waals surface area contributed by atoms with Crippen LogP contribution in [0.4, 0.5) is 11.5 Å². The number of fused-ring (bicyclic) bond motifs is 1. The molecule has 2 fully saturated rings. The van der Waals surface area contributed by atoms with Gasteiger partial charge in [-0.3, -0.25) is 4.79 Å². The van der Waals surface area contributed by atoms with Crippen LogP contribution in [0.5, 0.6) is 5.75 Å². The molecule has 1 aliphatic heterocycles. The second-order valence-corrected chi connectivity index (χ2v) is 8.79. The van der Waals surface area contributed by atoms with E-state index in [1.807, 2.05) is 19.1 Å². The van der Waals surface area contributed by atoms with Crippen molar-refractivity contribution in [2.45, 2.75) is 59.6 Å². The van der Waals surface area contributed by atoms with Crippen LogP contribution in [-0.4, -0.2) is 58.0 Å². The Hall–Kier alpha value is -3.20. The first-order chi connectivity index (χ1) is 16.1. The highest BCUT2D eigenvalue weighted by atomic mass is 16.5. The summed E-state index contributed by atoms with van der Waals surface area (Å²) < 4.78 is 13.7. The standard InChI is InChI=1S/C24H30N6O3.2CH4/c1-16-25-8-7-22(27-16)28-17-3-5-19(6-4-17)33-21-14-18(30-9-11-32-12-10-30)13-20-24(21)29(2)23(31)15-26-20;;/h7-8,13-15,17,19H,3-6,9-12H2,1-2H3,(H,25,27,28);2*1H4. The van der Waals surface area contributed by atoms with Gasteiger partial charge in [0.1, 0.15) is 22.9 Å². The number of anilines is 2. The number of morpholine rings is 1. The van der Waals surface area contributed by atoms with Crippen LogP contribution >= 0.6 is 0 Å². The Bertz CT molecular complexity index is 1180. The van der Waals surface area contributed by atoms with Crippen molar-refractivity contribution in [3.63, 3.8) is 0 Å². The van der Waals surface area contributed by atoms with Gasteiger partial charge in [0.15, 0.2) is 0 Å². The van der Waals surface area contributed by atoms with E-state index in [1.54, 1.807) is 17.8 Å². The molecule has 5 rings (SSSR count). The Balaban J connectivity index is 0.00000171. The van der Waals surface area contributed by atoms with E-state index in [0.717, 1.165) is 72.9 Å². The Labute approximate surface area is 207 Å². The van der Waals surface area contributed by atoms with Crippen molar-refractivity contribution in [1.82, 2.24) is 19.5 Å². The predicted octanol–water partition coefficient (Wildman–Crippen LogP) is 3.94. The van der Waals surface area contributed by atoms with Gasteiger partial charge < -0.3 is 24.3 Å². The van der Waals surface area contributed by atoms with E-state index in [4.69, 9.17) is 9.47 Å². The van der Waals surface area contributed by atoms with E-state index in [2.05, 4.69) is 31.2 Å². The lowest BCUT2D eigenvalue weighted by Crippen LogP contribution is -2.36.